The van der Waals surface area contributed by atoms with Crippen molar-refractivity contribution in [2.24, 2.45) is 0 Å². The van der Waals surface area contributed by atoms with Gasteiger partial charge in [-0.05, 0) is 31.9 Å². The van der Waals surface area contributed by atoms with Gasteiger partial charge in [-0.15, -0.1) is 11.3 Å². The van der Waals surface area contributed by atoms with Crippen molar-refractivity contribution in [1.82, 2.24) is 15.3 Å². The molecule has 1 N–H and O–H groups in total. The van der Waals surface area contributed by atoms with Gasteiger partial charge >= 0.3 is 0 Å². The highest BCUT2D eigenvalue weighted by molar-refractivity contribution is 7.11. The second-order valence-corrected chi connectivity index (χ2v) is 6.44. The van der Waals surface area contributed by atoms with Crippen LogP contribution in [0.25, 0.3) is 0 Å². The molecule has 5 heteroatoms. The van der Waals surface area contributed by atoms with Crippen molar-refractivity contribution in [2.75, 3.05) is 0 Å². The molecule has 0 unspecified atom stereocenters. The minimum Gasteiger partial charge on any atom is -0.347 e. The van der Waals surface area contributed by atoms with E-state index in [2.05, 4.69) is 28.3 Å². The number of thiophene rings is 1. The summed E-state index contributed by atoms with van der Waals surface area (Å²) >= 11 is 1.69. The number of nitrogens with zero attached hydrogens (tertiary/aromatic N) is 2. The summed E-state index contributed by atoms with van der Waals surface area (Å²) < 4.78 is 0. The summed E-state index contributed by atoms with van der Waals surface area (Å²) in [5.41, 5.74) is 1.37. The Hall–Kier alpha value is -1.75. The van der Waals surface area contributed by atoms with Crippen LogP contribution in [0.4, 0.5) is 0 Å². The molecule has 20 heavy (non-hydrogen) atoms. The van der Waals surface area contributed by atoms with Gasteiger partial charge in [0.05, 0.1) is 17.8 Å². The largest absolute Gasteiger partial charge is 0.347 e. The van der Waals surface area contributed by atoms with Gasteiger partial charge < -0.3 is 5.32 Å². The van der Waals surface area contributed by atoms with Gasteiger partial charge in [0.2, 0.25) is 0 Å². The van der Waals surface area contributed by atoms with Gasteiger partial charge in [-0.25, -0.2) is 9.97 Å². The van der Waals surface area contributed by atoms with Crippen LogP contribution in [-0.4, -0.2) is 15.9 Å². The second-order valence-electron chi connectivity index (χ2n) is 5.07. The van der Waals surface area contributed by atoms with E-state index in [1.165, 1.54) is 4.88 Å². The Morgan fingerprint density at radius 2 is 2.10 bits per heavy atom. The zero-order valence-electron chi connectivity index (χ0n) is 12.2. The lowest BCUT2D eigenvalue weighted by atomic mass is 10.0. The van der Waals surface area contributed by atoms with E-state index >= 15 is 0 Å². The van der Waals surface area contributed by atoms with Gasteiger partial charge in [-0.3, -0.25) is 4.79 Å². The third-order valence-electron chi connectivity index (χ3n) is 2.95. The Kier molecular flexibility index (Phi) is 4.49. The number of carbonyl (C=O) groups is 1. The van der Waals surface area contributed by atoms with Crippen LogP contribution in [0.2, 0.25) is 0 Å². The Labute approximate surface area is 123 Å². The van der Waals surface area contributed by atoms with Gasteiger partial charge in [0.25, 0.3) is 5.91 Å². The van der Waals surface area contributed by atoms with E-state index in [9.17, 15) is 4.79 Å². The van der Waals surface area contributed by atoms with Crippen molar-refractivity contribution in [1.29, 1.82) is 0 Å². The fraction of sp³-hybridized carbons (Fsp3) is 0.400. The van der Waals surface area contributed by atoms with Crippen molar-refractivity contribution >= 4 is 17.2 Å². The Bertz CT molecular complexity index is 619. The van der Waals surface area contributed by atoms with E-state index in [1.807, 2.05) is 26.8 Å². The normalized spacial score (nSPS) is 10.8. The van der Waals surface area contributed by atoms with E-state index in [4.69, 9.17) is 0 Å². The van der Waals surface area contributed by atoms with Gasteiger partial charge in [0.1, 0.15) is 5.82 Å². The highest BCUT2D eigenvalue weighted by Gasteiger charge is 2.16. The van der Waals surface area contributed by atoms with Crippen LogP contribution in [0.15, 0.2) is 18.3 Å². The first-order chi connectivity index (χ1) is 9.47. The monoisotopic (exact) mass is 289 g/mol. The molecule has 4 nitrogen and oxygen atoms in total. The van der Waals surface area contributed by atoms with Crippen molar-refractivity contribution in [2.45, 2.75) is 40.2 Å². The third kappa shape index (κ3) is 3.42. The maximum atomic E-state index is 12.3. The number of rotatable bonds is 4. The molecule has 106 valence electrons. The molecule has 0 spiro atoms. The lowest BCUT2D eigenvalue weighted by Crippen LogP contribution is -2.25. The molecule has 0 radical (unpaired) electrons. The minimum absolute atomic E-state index is 0.111. The van der Waals surface area contributed by atoms with E-state index in [-0.39, 0.29) is 11.8 Å². The number of aromatic nitrogens is 2. The predicted molar refractivity (Wildman–Crippen MR) is 81.1 cm³/mol. The van der Waals surface area contributed by atoms with Crippen LogP contribution < -0.4 is 5.32 Å². The number of amides is 1. The standard InChI is InChI=1S/C15H19N3OS/c1-9(2)14-13(8-16-11(4)18-14)15(19)17-7-12-6-5-10(3)20-12/h5-6,8-9H,7H2,1-4H3,(H,17,19). The average molecular weight is 289 g/mol. The van der Waals surface area contributed by atoms with Crippen molar-refractivity contribution in [3.63, 3.8) is 0 Å². The van der Waals surface area contributed by atoms with E-state index in [1.54, 1.807) is 17.5 Å². The van der Waals surface area contributed by atoms with Gasteiger partial charge in [0.15, 0.2) is 0 Å². The number of carbonyl (C=O) groups excluding carboxylic acids is 1. The number of hydrogen-bond acceptors (Lipinski definition) is 4. The zero-order chi connectivity index (χ0) is 14.7. The molecule has 2 aromatic heterocycles. The molecule has 0 bridgehead atoms. The first kappa shape index (κ1) is 14.7. The van der Waals surface area contributed by atoms with Crippen molar-refractivity contribution < 1.29 is 4.79 Å². The molecule has 0 fully saturated rings. The Balaban J connectivity index is 2.13. The maximum Gasteiger partial charge on any atom is 0.255 e. The van der Waals surface area contributed by atoms with Crippen LogP contribution in [0.1, 0.15) is 51.4 Å². The highest BCUT2D eigenvalue weighted by Crippen LogP contribution is 2.18. The molecule has 0 atom stereocenters. The lowest BCUT2D eigenvalue weighted by Gasteiger charge is -2.11. The molecule has 2 aromatic rings. The van der Waals surface area contributed by atoms with Gasteiger partial charge in [-0.1, -0.05) is 13.8 Å². The van der Waals surface area contributed by atoms with Crippen molar-refractivity contribution in [3.8, 4) is 0 Å². The topological polar surface area (TPSA) is 54.9 Å². The number of hydrogen-bond donors (Lipinski definition) is 1. The summed E-state index contributed by atoms with van der Waals surface area (Å²) in [4.78, 5) is 23.2. The molecule has 0 saturated carbocycles. The second kappa shape index (κ2) is 6.13. The Morgan fingerprint density at radius 1 is 1.35 bits per heavy atom. The van der Waals surface area contributed by atoms with E-state index in [0.717, 1.165) is 10.6 Å². The molecule has 0 aliphatic heterocycles. The molecule has 0 aromatic carbocycles. The SMILES string of the molecule is Cc1ncc(C(=O)NCc2ccc(C)s2)c(C(C)C)n1. The number of aryl methyl sites for hydroxylation is 2. The maximum absolute atomic E-state index is 12.3. The molecule has 0 aliphatic rings. The quantitative estimate of drug-likeness (QED) is 0.940. The lowest BCUT2D eigenvalue weighted by molar-refractivity contribution is 0.0949. The first-order valence-electron chi connectivity index (χ1n) is 6.64. The van der Waals surface area contributed by atoms with Crippen LogP contribution >= 0.6 is 11.3 Å². The summed E-state index contributed by atoms with van der Waals surface area (Å²) in [5, 5.41) is 2.93. The van der Waals surface area contributed by atoms with Crippen LogP contribution in [0.3, 0.4) is 0 Å². The smallest absolute Gasteiger partial charge is 0.255 e. The van der Waals surface area contributed by atoms with Gasteiger partial charge in [-0.2, -0.15) is 0 Å². The molecule has 0 saturated heterocycles. The molecule has 1 amide bonds. The summed E-state index contributed by atoms with van der Waals surface area (Å²) in [6.45, 7) is 8.49. The van der Waals surface area contributed by atoms with E-state index in [0.29, 0.717) is 17.9 Å². The van der Waals surface area contributed by atoms with Gasteiger partial charge in [0, 0.05) is 16.0 Å². The zero-order valence-corrected chi connectivity index (χ0v) is 13.0. The van der Waals surface area contributed by atoms with Crippen LogP contribution in [0, 0.1) is 13.8 Å². The third-order valence-corrected chi connectivity index (χ3v) is 3.95. The van der Waals surface area contributed by atoms with Crippen LogP contribution in [-0.2, 0) is 6.54 Å². The minimum atomic E-state index is -0.111. The average Bonchev–Trinajstić information content (AvgIpc) is 2.81. The molecule has 2 heterocycles. The fourth-order valence-electron chi connectivity index (χ4n) is 1.95. The first-order valence-corrected chi connectivity index (χ1v) is 7.46. The summed E-state index contributed by atoms with van der Waals surface area (Å²) in [7, 11) is 0. The summed E-state index contributed by atoms with van der Waals surface area (Å²) in [6.07, 6.45) is 1.62. The molecule has 0 aliphatic carbocycles. The fourth-order valence-corrected chi connectivity index (χ4v) is 2.78. The summed E-state index contributed by atoms with van der Waals surface area (Å²) in [5.74, 6) is 0.778. The summed E-state index contributed by atoms with van der Waals surface area (Å²) in [6, 6.07) is 4.09. The molecular weight excluding hydrogens is 270 g/mol. The van der Waals surface area contributed by atoms with E-state index < -0.39 is 0 Å². The van der Waals surface area contributed by atoms with Crippen LogP contribution in [0.5, 0.6) is 0 Å². The molecule has 2 rings (SSSR count). The number of nitrogens with one attached hydrogen (secondary N) is 1. The Morgan fingerprint density at radius 3 is 2.70 bits per heavy atom. The molecular formula is C15H19N3OS. The van der Waals surface area contributed by atoms with Crippen molar-refractivity contribution in [3.05, 3.63) is 45.2 Å². The predicted octanol–water partition coefficient (Wildman–Crippen LogP) is 3.21. The highest BCUT2D eigenvalue weighted by atomic mass is 32.1.